The normalized spacial score (nSPS) is 13.9. The smallest absolute Gasteiger partial charge is 0.136 e. The quantitative estimate of drug-likeness (QED) is 0.301. The third-order valence-corrected chi connectivity index (χ3v) is 1.84. The number of nitrogens with zero attached hydrogens (tertiary/aromatic N) is 3. The molecule has 0 N–H and O–H groups in total. The summed E-state index contributed by atoms with van der Waals surface area (Å²) >= 11 is 0. The largest absolute Gasteiger partial charge is 0.302 e. The molecule has 4 heteroatoms. The fraction of sp³-hybridized carbons (Fsp3) is 0.222. The van der Waals surface area contributed by atoms with E-state index < -0.39 is 5.54 Å². The zero-order valence-corrected chi connectivity index (χ0v) is 7.21. The van der Waals surface area contributed by atoms with Crippen molar-refractivity contribution in [3.05, 3.63) is 46.3 Å². The molecule has 66 valence electrons. The summed E-state index contributed by atoms with van der Waals surface area (Å²) in [4.78, 5) is 13.4. The minimum absolute atomic E-state index is 0.641. The van der Waals surface area contributed by atoms with Gasteiger partial charge in [-0.3, -0.25) is 0 Å². The molecule has 0 spiro atoms. The third kappa shape index (κ3) is 1.86. The van der Waals surface area contributed by atoms with Crippen molar-refractivity contribution in [2.75, 3.05) is 0 Å². The first-order valence-electron chi connectivity index (χ1n) is 3.81. The Morgan fingerprint density at radius 2 is 2.08 bits per heavy atom. The second kappa shape index (κ2) is 3.74. The molecule has 1 atom stereocenters. The van der Waals surface area contributed by atoms with Gasteiger partial charge in [0.05, 0.1) is 0 Å². The highest BCUT2D eigenvalue weighted by Crippen LogP contribution is 2.22. The van der Waals surface area contributed by atoms with Crippen LogP contribution in [0.5, 0.6) is 0 Å². The van der Waals surface area contributed by atoms with Gasteiger partial charge in [-0.05, 0) is 18.0 Å². The molecule has 1 aromatic rings. The summed E-state index contributed by atoms with van der Waals surface area (Å²) in [5, 5.41) is 3.46. The number of rotatable bonds is 3. The first-order chi connectivity index (χ1) is 6.23. The summed E-state index contributed by atoms with van der Waals surface area (Å²) in [6.07, 6.45) is 0.641. The Hall–Kier alpha value is -1.80. The van der Waals surface area contributed by atoms with Crippen LogP contribution in [-0.4, -0.2) is 6.29 Å². The van der Waals surface area contributed by atoms with Gasteiger partial charge in [-0.2, -0.15) is 0 Å². The van der Waals surface area contributed by atoms with Gasteiger partial charge >= 0.3 is 0 Å². The first kappa shape index (κ1) is 9.29. The van der Waals surface area contributed by atoms with Crippen LogP contribution in [0.4, 0.5) is 0 Å². The topological polar surface area (TPSA) is 65.8 Å². The Bertz CT molecular complexity index is 343. The van der Waals surface area contributed by atoms with Crippen molar-refractivity contribution in [3.63, 3.8) is 0 Å². The fourth-order valence-corrected chi connectivity index (χ4v) is 1.02. The fourth-order valence-electron chi connectivity index (χ4n) is 1.02. The maximum absolute atomic E-state index is 10.8. The molecule has 0 saturated carbocycles. The molecule has 1 unspecified atom stereocenters. The summed E-state index contributed by atoms with van der Waals surface area (Å²) in [6.45, 7) is 1.58. The van der Waals surface area contributed by atoms with E-state index in [0.717, 1.165) is 0 Å². The molecule has 0 amide bonds. The molecule has 1 rings (SSSR count). The van der Waals surface area contributed by atoms with Crippen LogP contribution in [0.1, 0.15) is 12.5 Å². The Morgan fingerprint density at radius 1 is 1.46 bits per heavy atom. The lowest BCUT2D eigenvalue weighted by Gasteiger charge is -2.15. The van der Waals surface area contributed by atoms with Gasteiger partial charge in [-0.15, -0.1) is 0 Å². The lowest BCUT2D eigenvalue weighted by atomic mass is 9.95. The van der Waals surface area contributed by atoms with E-state index in [4.69, 9.17) is 5.53 Å². The standard InChI is InChI=1S/C9H9N3O/c1-9(7-13,11-12-10)8-5-3-2-4-6-8/h2-7H,1H3. The maximum atomic E-state index is 10.8. The molecule has 13 heavy (non-hydrogen) atoms. The van der Waals surface area contributed by atoms with Crippen molar-refractivity contribution in [2.24, 2.45) is 5.11 Å². The molecule has 4 nitrogen and oxygen atoms in total. The molecule has 0 heterocycles. The predicted octanol–water partition coefficient (Wildman–Crippen LogP) is 2.41. The van der Waals surface area contributed by atoms with Crippen LogP contribution in [0, 0.1) is 0 Å². The average Bonchev–Trinajstić information content (AvgIpc) is 2.19. The molecule has 1 aromatic carbocycles. The summed E-state index contributed by atoms with van der Waals surface area (Å²) in [5.41, 5.74) is 7.90. The molecule has 0 aliphatic heterocycles. The lowest BCUT2D eigenvalue weighted by Crippen LogP contribution is -2.19. The van der Waals surface area contributed by atoms with Gasteiger partial charge in [-0.25, -0.2) is 0 Å². The zero-order chi connectivity index (χ0) is 9.73. The monoisotopic (exact) mass is 175 g/mol. The highest BCUT2D eigenvalue weighted by atomic mass is 16.1. The Balaban J connectivity index is 3.17. The van der Waals surface area contributed by atoms with Crippen LogP contribution in [0.25, 0.3) is 10.4 Å². The van der Waals surface area contributed by atoms with E-state index in [0.29, 0.717) is 11.8 Å². The highest BCUT2D eigenvalue weighted by Gasteiger charge is 2.23. The van der Waals surface area contributed by atoms with Crippen LogP contribution in [0.15, 0.2) is 35.4 Å². The Kier molecular flexibility index (Phi) is 2.67. The second-order valence-corrected chi connectivity index (χ2v) is 2.82. The number of hydrogen-bond donors (Lipinski definition) is 0. The van der Waals surface area contributed by atoms with Crippen molar-refractivity contribution in [2.45, 2.75) is 12.5 Å². The molecule has 0 bridgehead atoms. The van der Waals surface area contributed by atoms with E-state index in [2.05, 4.69) is 10.0 Å². The van der Waals surface area contributed by atoms with Crippen LogP contribution >= 0.6 is 0 Å². The highest BCUT2D eigenvalue weighted by molar-refractivity contribution is 5.67. The molecular weight excluding hydrogens is 166 g/mol. The molecular formula is C9H9N3O. The molecule has 0 aliphatic rings. The van der Waals surface area contributed by atoms with Crippen LogP contribution < -0.4 is 0 Å². The van der Waals surface area contributed by atoms with E-state index >= 15 is 0 Å². The molecule has 0 saturated heterocycles. The number of aldehydes is 1. The van der Waals surface area contributed by atoms with Gasteiger partial charge in [0.2, 0.25) is 0 Å². The van der Waals surface area contributed by atoms with Gasteiger partial charge in [0.15, 0.2) is 0 Å². The van der Waals surface area contributed by atoms with Gasteiger partial charge in [-0.1, -0.05) is 35.4 Å². The predicted molar refractivity (Wildman–Crippen MR) is 49.0 cm³/mol. The van der Waals surface area contributed by atoms with Crippen molar-refractivity contribution >= 4 is 6.29 Å². The van der Waals surface area contributed by atoms with Crippen molar-refractivity contribution in [3.8, 4) is 0 Å². The number of azide groups is 1. The molecule has 0 aliphatic carbocycles. The van der Waals surface area contributed by atoms with E-state index in [1.807, 2.05) is 6.07 Å². The van der Waals surface area contributed by atoms with Gasteiger partial charge in [0.25, 0.3) is 0 Å². The van der Waals surface area contributed by atoms with Crippen molar-refractivity contribution < 1.29 is 4.79 Å². The SMILES string of the molecule is CC(C=O)(N=[N+]=[N-])c1ccccc1. The molecule has 0 radical (unpaired) electrons. The van der Waals surface area contributed by atoms with Crippen molar-refractivity contribution in [1.29, 1.82) is 0 Å². The summed E-state index contributed by atoms with van der Waals surface area (Å²) in [7, 11) is 0. The van der Waals surface area contributed by atoms with E-state index in [1.54, 1.807) is 31.2 Å². The number of carbonyl (C=O) groups excluding carboxylic acids is 1. The third-order valence-electron chi connectivity index (χ3n) is 1.84. The maximum Gasteiger partial charge on any atom is 0.136 e. The van der Waals surface area contributed by atoms with Gasteiger partial charge < -0.3 is 4.79 Å². The Morgan fingerprint density at radius 3 is 2.54 bits per heavy atom. The van der Waals surface area contributed by atoms with E-state index in [-0.39, 0.29) is 0 Å². The van der Waals surface area contributed by atoms with E-state index in [9.17, 15) is 4.79 Å². The average molecular weight is 175 g/mol. The minimum atomic E-state index is -1.09. The van der Waals surface area contributed by atoms with Gasteiger partial charge in [0, 0.05) is 4.91 Å². The Labute approximate surface area is 75.8 Å². The van der Waals surface area contributed by atoms with Crippen molar-refractivity contribution in [1.82, 2.24) is 0 Å². The lowest BCUT2D eigenvalue weighted by molar-refractivity contribution is -0.111. The van der Waals surface area contributed by atoms with Gasteiger partial charge in [0.1, 0.15) is 11.8 Å². The van der Waals surface area contributed by atoms with Crippen LogP contribution in [0.2, 0.25) is 0 Å². The van der Waals surface area contributed by atoms with Crippen LogP contribution in [-0.2, 0) is 10.3 Å². The minimum Gasteiger partial charge on any atom is -0.302 e. The number of hydrogen-bond acceptors (Lipinski definition) is 2. The first-order valence-corrected chi connectivity index (χ1v) is 3.81. The number of benzene rings is 1. The molecule has 0 aromatic heterocycles. The van der Waals surface area contributed by atoms with Crippen LogP contribution in [0.3, 0.4) is 0 Å². The zero-order valence-electron chi connectivity index (χ0n) is 7.21. The second-order valence-electron chi connectivity index (χ2n) is 2.82. The number of carbonyl (C=O) groups is 1. The van der Waals surface area contributed by atoms with E-state index in [1.165, 1.54) is 0 Å². The summed E-state index contributed by atoms with van der Waals surface area (Å²) in [5.74, 6) is 0. The summed E-state index contributed by atoms with van der Waals surface area (Å²) < 4.78 is 0. The summed E-state index contributed by atoms with van der Waals surface area (Å²) in [6, 6.07) is 8.94. The molecule has 0 fully saturated rings.